The van der Waals surface area contributed by atoms with Gasteiger partial charge in [0, 0.05) is 11.6 Å². The van der Waals surface area contributed by atoms with Gasteiger partial charge in [0.15, 0.2) is 0 Å². The Kier molecular flexibility index (Phi) is 3.91. The Bertz CT molecular complexity index is 740. The predicted octanol–water partition coefficient (Wildman–Crippen LogP) is 3.72. The Labute approximate surface area is 117 Å². The van der Waals surface area contributed by atoms with Gasteiger partial charge in [-0.25, -0.2) is 4.39 Å². The van der Waals surface area contributed by atoms with E-state index < -0.39 is 27.2 Å². The summed E-state index contributed by atoms with van der Waals surface area (Å²) in [5.74, 6) is -1.64. The summed E-state index contributed by atoms with van der Waals surface area (Å²) >= 11 is 0. The molecular formula is C13H8F4O3S. The molecular weight excluding hydrogens is 312 g/mol. The Balaban J connectivity index is 2.33. The minimum absolute atomic E-state index is 0.118. The van der Waals surface area contributed by atoms with E-state index in [0.717, 1.165) is 12.1 Å². The molecule has 0 aliphatic rings. The largest absolute Gasteiger partial charge is 0.534 e. The van der Waals surface area contributed by atoms with Crippen LogP contribution in [0.5, 0.6) is 5.75 Å². The average Bonchev–Trinajstić information content (AvgIpc) is 2.38. The van der Waals surface area contributed by atoms with Gasteiger partial charge in [0.05, 0.1) is 0 Å². The third-order valence-electron chi connectivity index (χ3n) is 2.51. The highest BCUT2D eigenvalue weighted by Gasteiger charge is 2.48. The molecule has 0 bridgehead atoms. The minimum Gasteiger partial charge on any atom is -0.376 e. The second-order valence-electron chi connectivity index (χ2n) is 3.99. The van der Waals surface area contributed by atoms with E-state index in [-0.39, 0.29) is 5.56 Å². The van der Waals surface area contributed by atoms with E-state index in [1.165, 1.54) is 0 Å². The normalized spacial score (nSPS) is 12.2. The monoisotopic (exact) mass is 320 g/mol. The second kappa shape index (κ2) is 5.36. The molecule has 21 heavy (non-hydrogen) atoms. The SMILES string of the molecule is O=S(=O)(Oc1ccc(-c2ccccc2)c(F)c1)C(F)(F)F. The molecule has 0 aromatic heterocycles. The maximum absolute atomic E-state index is 13.9. The van der Waals surface area contributed by atoms with Crippen molar-refractivity contribution in [3.8, 4) is 16.9 Å². The van der Waals surface area contributed by atoms with E-state index in [0.29, 0.717) is 11.6 Å². The van der Waals surface area contributed by atoms with Gasteiger partial charge in [-0.3, -0.25) is 0 Å². The lowest BCUT2D eigenvalue weighted by Crippen LogP contribution is -2.28. The topological polar surface area (TPSA) is 43.4 Å². The number of halogens is 4. The summed E-state index contributed by atoms with van der Waals surface area (Å²) in [4.78, 5) is 0. The molecule has 0 aliphatic heterocycles. The summed E-state index contributed by atoms with van der Waals surface area (Å²) in [5.41, 5.74) is -4.95. The standard InChI is InChI=1S/C13H8F4O3S/c14-12-8-10(20-21(18,19)13(15,16)17)6-7-11(12)9-4-2-1-3-5-9/h1-8H. The lowest BCUT2D eigenvalue weighted by atomic mass is 10.1. The van der Waals surface area contributed by atoms with Gasteiger partial charge in [0.25, 0.3) is 0 Å². The number of alkyl halides is 3. The first-order valence-corrected chi connectivity index (χ1v) is 6.97. The molecule has 0 fully saturated rings. The fraction of sp³-hybridized carbons (Fsp3) is 0.0769. The van der Waals surface area contributed by atoms with Crippen LogP contribution in [0.3, 0.4) is 0 Å². The third kappa shape index (κ3) is 3.33. The van der Waals surface area contributed by atoms with Gasteiger partial charge in [-0.1, -0.05) is 30.3 Å². The minimum atomic E-state index is -5.81. The van der Waals surface area contributed by atoms with Gasteiger partial charge >= 0.3 is 15.6 Å². The lowest BCUT2D eigenvalue weighted by Gasteiger charge is -2.10. The fourth-order valence-electron chi connectivity index (χ4n) is 1.57. The summed E-state index contributed by atoms with van der Waals surface area (Å²) in [7, 11) is -5.81. The van der Waals surface area contributed by atoms with Gasteiger partial charge in [0.1, 0.15) is 11.6 Å². The van der Waals surface area contributed by atoms with E-state index in [1.54, 1.807) is 30.3 Å². The smallest absolute Gasteiger partial charge is 0.376 e. The van der Waals surface area contributed by atoms with Crippen LogP contribution in [0.4, 0.5) is 17.6 Å². The maximum atomic E-state index is 13.9. The number of benzene rings is 2. The van der Waals surface area contributed by atoms with Crippen LogP contribution in [0.25, 0.3) is 11.1 Å². The summed E-state index contributed by atoms with van der Waals surface area (Å²) in [6.07, 6.45) is 0. The van der Waals surface area contributed by atoms with Crippen molar-refractivity contribution in [2.75, 3.05) is 0 Å². The molecule has 0 saturated carbocycles. The van der Waals surface area contributed by atoms with E-state index in [1.807, 2.05) is 0 Å². The van der Waals surface area contributed by atoms with Crippen molar-refractivity contribution in [2.45, 2.75) is 5.51 Å². The molecule has 0 N–H and O–H groups in total. The third-order valence-corrected chi connectivity index (χ3v) is 3.49. The lowest BCUT2D eigenvalue weighted by molar-refractivity contribution is -0.0500. The predicted molar refractivity (Wildman–Crippen MR) is 67.4 cm³/mol. The Morgan fingerprint density at radius 2 is 1.57 bits per heavy atom. The van der Waals surface area contributed by atoms with Gasteiger partial charge in [0.2, 0.25) is 0 Å². The molecule has 2 aromatic carbocycles. The van der Waals surface area contributed by atoms with Gasteiger partial charge in [-0.2, -0.15) is 21.6 Å². The van der Waals surface area contributed by atoms with Crippen LogP contribution < -0.4 is 4.18 Å². The first kappa shape index (κ1) is 15.3. The zero-order chi connectivity index (χ0) is 15.7. The first-order valence-electron chi connectivity index (χ1n) is 5.56. The van der Waals surface area contributed by atoms with Crippen molar-refractivity contribution in [2.24, 2.45) is 0 Å². The maximum Gasteiger partial charge on any atom is 0.534 e. The molecule has 3 nitrogen and oxygen atoms in total. The number of rotatable bonds is 3. The summed E-state index contributed by atoms with van der Waals surface area (Å²) in [6.45, 7) is 0. The number of hydrogen-bond acceptors (Lipinski definition) is 3. The Morgan fingerprint density at radius 1 is 0.952 bits per heavy atom. The van der Waals surface area contributed by atoms with E-state index in [9.17, 15) is 26.0 Å². The van der Waals surface area contributed by atoms with E-state index in [2.05, 4.69) is 4.18 Å². The Morgan fingerprint density at radius 3 is 2.10 bits per heavy atom. The molecule has 2 aromatic rings. The van der Waals surface area contributed by atoms with Crippen molar-refractivity contribution in [3.05, 3.63) is 54.3 Å². The summed E-state index contributed by atoms with van der Waals surface area (Å²) in [5, 5.41) is 0. The highest BCUT2D eigenvalue weighted by atomic mass is 32.2. The summed E-state index contributed by atoms with van der Waals surface area (Å²) < 4.78 is 75.8. The highest BCUT2D eigenvalue weighted by molar-refractivity contribution is 7.88. The van der Waals surface area contributed by atoms with Crippen LogP contribution in [0, 0.1) is 5.82 Å². The molecule has 0 amide bonds. The highest BCUT2D eigenvalue weighted by Crippen LogP contribution is 2.30. The zero-order valence-electron chi connectivity index (χ0n) is 10.3. The van der Waals surface area contributed by atoms with E-state index >= 15 is 0 Å². The van der Waals surface area contributed by atoms with Crippen LogP contribution in [0.15, 0.2) is 48.5 Å². The molecule has 0 heterocycles. The molecule has 8 heteroatoms. The van der Waals surface area contributed by atoms with Crippen LogP contribution in [0.1, 0.15) is 0 Å². The van der Waals surface area contributed by atoms with Crippen molar-refractivity contribution < 1.29 is 30.2 Å². The number of hydrogen-bond donors (Lipinski definition) is 0. The molecule has 112 valence electrons. The van der Waals surface area contributed by atoms with Crippen LogP contribution >= 0.6 is 0 Å². The van der Waals surface area contributed by atoms with Gasteiger partial charge in [-0.15, -0.1) is 0 Å². The van der Waals surface area contributed by atoms with Crippen molar-refractivity contribution in [1.29, 1.82) is 0 Å². The fourth-order valence-corrected chi connectivity index (χ4v) is 2.02. The quantitative estimate of drug-likeness (QED) is 0.492. The van der Waals surface area contributed by atoms with Crippen molar-refractivity contribution >= 4 is 10.1 Å². The average molecular weight is 320 g/mol. The van der Waals surface area contributed by atoms with E-state index in [4.69, 9.17) is 0 Å². The Hall–Kier alpha value is -2.09. The first-order chi connectivity index (χ1) is 9.71. The zero-order valence-corrected chi connectivity index (χ0v) is 11.1. The molecule has 0 radical (unpaired) electrons. The molecule has 0 aliphatic carbocycles. The molecule has 0 spiro atoms. The van der Waals surface area contributed by atoms with Crippen LogP contribution in [-0.4, -0.2) is 13.9 Å². The van der Waals surface area contributed by atoms with Crippen LogP contribution in [-0.2, 0) is 10.1 Å². The van der Waals surface area contributed by atoms with Crippen molar-refractivity contribution in [3.63, 3.8) is 0 Å². The van der Waals surface area contributed by atoms with Gasteiger partial charge in [-0.05, 0) is 17.7 Å². The molecule has 2 rings (SSSR count). The second-order valence-corrected chi connectivity index (χ2v) is 5.53. The van der Waals surface area contributed by atoms with Gasteiger partial charge < -0.3 is 4.18 Å². The molecule has 0 atom stereocenters. The molecule has 0 unspecified atom stereocenters. The van der Waals surface area contributed by atoms with Crippen LogP contribution in [0.2, 0.25) is 0 Å². The van der Waals surface area contributed by atoms with Crippen molar-refractivity contribution in [1.82, 2.24) is 0 Å². The summed E-state index contributed by atoms with van der Waals surface area (Å²) in [6, 6.07) is 10.9. The molecule has 0 saturated heterocycles.